The van der Waals surface area contributed by atoms with Crippen molar-refractivity contribution in [3.63, 3.8) is 0 Å². The highest BCUT2D eigenvalue weighted by atomic mass is 32.2. The Morgan fingerprint density at radius 1 is 0.879 bits per heavy atom. The van der Waals surface area contributed by atoms with Gasteiger partial charge in [-0.3, -0.25) is 0 Å². The van der Waals surface area contributed by atoms with Crippen LogP contribution in [0.15, 0.2) is 94.4 Å². The third-order valence-electron chi connectivity index (χ3n) is 6.19. The molecule has 0 aromatic heterocycles. The molecule has 0 atom stereocenters. The van der Waals surface area contributed by atoms with Crippen molar-refractivity contribution in [1.29, 1.82) is 0 Å². The molecule has 0 bridgehead atoms. The number of fused-ring (bicyclic) bond motifs is 1. The van der Waals surface area contributed by atoms with E-state index in [0.717, 1.165) is 40.3 Å². The zero-order valence-corrected chi connectivity index (χ0v) is 20.2. The van der Waals surface area contributed by atoms with Crippen molar-refractivity contribution < 1.29 is 8.42 Å². The summed E-state index contributed by atoms with van der Waals surface area (Å²) in [5, 5.41) is 2.29. The Labute approximate surface area is 197 Å². The van der Waals surface area contributed by atoms with Crippen LogP contribution in [-0.2, 0) is 10.0 Å². The van der Waals surface area contributed by atoms with E-state index in [1.807, 2.05) is 49.4 Å². The maximum atomic E-state index is 13.5. The number of allylic oxidation sites excluding steroid dienone is 3. The fourth-order valence-corrected chi connectivity index (χ4v) is 5.31. The van der Waals surface area contributed by atoms with Gasteiger partial charge in [0.15, 0.2) is 0 Å². The molecule has 0 amide bonds. The van der Waals surface area contributed by atoms with Gasteiger partial charge in [-0.05, 0) is 68.7 Å². The molecule has 0 unspecified atom stereocenters. The van der Waals surface area contributed by atoms with Gasteiger partial charge in [0.2, 0.25) is 10.0 Å². The van der Waals surface area contributed by atoms with Crippen molar-refractivity contribution in [2.45, 2.75) is 38.5 Å². The van der Waals surface area contributed by atoms with Crippen LogP contribution in [-0.4, -0.2) is 25.8 Å². The third kappa shape index (κ3) is 5.45. The summed E-state index contributed by atoms with van der Waals surface area (Å²) in [7, 11) is -3.66. The van der Waals surface area contributed by atoms with Crippen LogP contribution in [0.25, 0.3) is 10.8 Å². The second kappa shape index (κ2) is 9.79. The topological polar surface area (TPSA) is 37.4 Å². The Hall–Kier alpha value is -3.13. The molecule has 0 heterocycles. The van der Waals surface area contributed by atoms with Crippen molar-refractivity contribution in [1.82, 2.24) is 4.31 Å². The van der Waals surface area contributed by atoms with Crippen molar-refractivity contribution in [3.8, 4) is 11.8 Å². The second-order valence-electron chi connectivity index (χ2n) is 8.75. The maximum absolute atomic E-state index is 13.5. The first-order valence-corrected chi connectivity index (χ1v) is 12.6. The van der Waals surface area contributed by atoms with Crippen molar-refractivity contribution in [3.05, 3.63) is 101 Å². The molecule has 0 spiro atoms. The molecule has 0 saturated carbocycles. The van der Waals surface area contributed by atoms with Crippen LogP contribution in [0.3, 0.4) is 0 Å². The van der Waals surface area contributed by atoms with Gasteiger partial charge >= 0.3 is 0 Å². The number of hydrogen-bond acceptors (Lipinski definition) is 2. The average molecular weight is 456 g/mol. The predicted octanol–water partition coefficient (Wildman–Crippen LogP) is 6.25. The largest absolute Gasteiger partial charge is 0.244 e. The van der Waals surface area contributed by atoms with E-state index in [0.29, 0.717) is 11.4 Å². The van der Waals surface area contributed by atoms with E-state index in [1.54, 1.807) is 12.1 Å². The summed E-state index contributed by atoms with van der Waals surface area (Å²) in [5.41, 5.74) is 5.72. The van der Waals surface area contributed by atoms with E-state index in [9.17, 15) is 8.42 Å². The van der Waals surface area contributed by atoms with E-state index < -0.39 is 10.0 Å². The Morgan fingerprint density at radius 2 is 1.61 bits per heavy atom. The van der Waals surface area contributed by atoms with E-state index >= 15 is 0 Å². The van der Waals surface area contributed by atoms with Crippen LogP contribution in [0, 0.1) is 18.8 Å². The van der Waals surface area contributed by atoms with Crippen LogP contribution in [0.1, 0.15) is 37.8 Å². The highest BCUT2D eigenvalue weighted by Crippen LogP contribution is 2.26. The zero-order valence-electron chi connectivity index (χ0n) is 19.4. The standard InChI is InChI=1S/C29H29NO2S/c1-22-10-16-29(17-11-22)33(31,32)30(21-26-13-12-23(2)24(3)19-26)18-6-7-25-14-15-27-8-4-5-9-28(27)20-25/h4-5,8-11,13-17,20H,12,18-19,21H2,1-3H3. The molecule has 0 N–H and O–H groups in total. The monoisotopic (exact) mass is 455 g/mol. The lowest BCUT2D eigenvalue weighted by atomic mass is 9.93. The van der Waals surface area contributed by atoms with E-state index in [2.05, 4.69) is 43.9 Å². The van der Waals surface area contributed by atoms with E-state index in [1.165, 1.54) is 15.5 Å². The SMILES string of the molecule is CC1=C(C)CC(CN(CC#Cc2ccc3ccccc3c2)S(=O)(=O)c2ccc(C)cc2)=CC1. The Kier molecular flexibility index (Phi) is 6.83. The maximum Gasteiger partial charge on any atom is 0.244 e. The highest BCUT2D eigenvalue weighted by Gasteiger charge is 2.25. The van der Waals surface area contributed by atoms with Crippen molar-refractivity contribution in [2.75, 3.05) is 13.1 Å². The summed E-state index contributed by atoms with van der Waals surface area (Å²) in [6, 6.07) is 21.2. The summed E-state index contributed by atoms with van der Waals surface area (Å²) in [5.74, 6) is 6.29. The van der Waals surface area contributed by atoms with Gasteiger partial charge in [0.1, 0.15) is 0 Å². The molecule has 0 aliphatic heterocycles. The lowest BCUT2D eigenvalue weighted by molar-refractivity contribution is 0.467. The van der Waals surface area contributed by atoms with Gasteiger partial charge in [0.05, 0.1) is 11.4 Å². The number of hydrogen-bond donors (Lipinski definition) is 0. The first-order chi connectivity index (χ1) is 15.8. The van der Waals surface area contributed by atoms with Gasteiger partial charge in [0.25, 0.3) is 0 Å². The van der Waals surface area contributed by atoms with Gasteiger partial charge in [-0.2, -0.15) is 4.31 Å². The highest BCUT2D eigenvalue weighted by molar-refractivity contribution is 7.89. The smallest absolute Gasteiger partial charge is 0.207 e. The second-order valence-corrected chi connectivity index (χ2v) is 10.7. The van der Waals surface area contributed by atoms with Crippen LogP contribution >= 0.6 is 0 Å². The fourth-order valence-electron chi connectivity index (χ4n) is 3.96. The summed E-state index contributed by atoms with van der Waals surface area (Å²) in [6.45, 7) is 6.71. The van der Waals surface area contributed by atoms with Crippen molar-refractivity contribution >= 4 is 20.8 Å². The molecule has 1 aliphatic rings. The quantitative estimate of drug-likeness (QED) is 0.337. The molecule has 3 nitrogen and oxygen atoms in total. The zero-order chi connectivity index (χ0) is 23.4. The molecule has 3 aromatic rings. The lowest BCUT2D eigenvalue weighted by Gasteiger charge is -2.24. The molecule has 33 heavy (non-hydrogen) atoms. The lowest BCUT2D eigenvalue weighted by Crippen LogP contribution is -2.33. The molecule has 0 fully saturated rings. The van der Waals surface area contributed by atoms with Crippen LogP contribution < -0.4 is 0 Å². The minimum Gasteiger partial charge on any atom is -0.207 e. The van der Waals surface area contributed by atoms with Gasteiger partial charge in [-0.25, -0.2) is 8.42 Å². The van der Waals surface area contributed by atoms with Crippen LogP contribution in [0.5, 0.6) is 0 Å². The summed E-state index contributed by atoms with van der Waals surface area (Å²) in [6.07, 6.45) is 3.85. The third-order valence-corrected chi connectivity index (χ3v) is 8.00. The number of sulfonamides is 1. The Bertz CT molecular complexity index is 1400. The summed E-state index contributed by atoms with van der Waals surface area (Å²) >= 11 is 0. The van der Waals surface area contributed by atoms with E-state index in [-0.39, 0.29) is 6.54 Å². The molecule has 4 rings (SSSR count). The number of aryl methyl sites for hydroxylation is 1. The summed E-state index contributed by atoms with van der Waals surface area (Å²) < 4.78 is 28.5. The van der Waals surface area contributed by atoms with Gasteiger partial charge < -0.3 is 0 Å². The van der Waals surface area contributed by atoms with Crippen LogP contribution in [0.4, 0.5) is 0 Å². The normalized spacial score (nSPS) is 14.2. The molecule has 3 aromatic carbocycles. The number of nitrogens with zero attached hydrogens (tertiary/aromatic N) is 1. The number of rotatable bonds is 5. The van der Waals surface area contributed by atoms with E-state index in [4.69, 9.17) is 0 Å². The fraction of sp³-hybridized carbons (Fsp3) is 0.241. The predicted molar refractivity (Wildman–Crippen MR) is 136 cm³/mol. The molecular formula is C29H29NO2S. The summed E-state index contributed by atoms with van der Waals surface area (Å²) in [4.78, 5) is 0.306. The average Bonchev–Trinajstić information content (AvgIpc) is 2.81. The van der Waals surface area contributed by atoms with Crippen LogP contribution in [0.2, 0.25) is 0 Å². The molecule has 1 aliphatic carbocycles. The number of benzene rings is 3. The first kappa shape index (κ1) is 23.0. The molecular weight excluding hydrogens is 426 g/mol. The molecule has 4 heteroatoms. The Balaban J connectivity index is 1.61. The van der Waals surface area contributed by atoms with Gasteiger partial charge in [-0.15, -0.1) is 0 Å². The first-order valence-electron chi connectivity index (χ1n) is 11.2. The van der Waals surface area contributed by atoms with Gasteiger partial charge in [0, 0.05) is 12.1 Å². The Morgan fingerprint density at radius 3 is 2.33 bits per heavy atom. The van der Waals surface area contributed by atoms with Crippen molar-refractivity contribution in [2.24, 2.45) is 0 Å². The molecule has 0 saturated heterocycles. The molecule has 168 valence electrons. The minimum atomic E-state index is -3.66. The van der Waals surface area contributed by atoms with Gasteiger partial charge in [-0.1, -0.05) is 82.7 Å². The molecule has 0 radical (unpaired) electrons. The minimum absolute atomic E-state index is 0.141.